The first-order valence-corrected chi connectivity index (χ1v) is 11.7. The molecule has 9 nitrogen and oxygen atoms in total. The average Bonchev–Trinajstić information content (AvgIpc) is 3.16. The van der Waals surface area contributed by atoms with Gasteiger partial charge in [0.1, 0.15) is 11.3 Å². The summed E-state index contributed by atoms with van der Waals surface area (Å²) in [7, 11) is 1.27. The zero-order valence-electron chi connectivity index (χ0n) is 19.4. The number of methoxy groups -OCH3 is 1. The van der Waals surface area contributed by atoms with Crippen molar-refractivity contribution < 1.29 is 28.6 Å². The summed E-state index contributed by atoms with van der Waals surface area (Å²) in [6, 6.07) is 12.3. The molecule has 1 fully saturated rings. The maximum Gasteiger partial charge on any atom is 0.344 e. The van der Waals surface area contributed by atoms with Crippen LogP contribution < -0.4 is 4.74 Å². The number of aliphatic imine (C=N–C) groups is 1. The van der Waals surface area contributed by atoms with Crippen LogP contribution >= 0.6 is 11.8 Å². The third kappa shape index (κ3) is 4.97. The number of esters is 2. The highest BCUT2D eigenvalue weighted by Crippen LogP contribution is 2.46. The number of para-hydroxylation sites is 1. The Morgan fingerprint density at radius 1 is 1.17 bits per heavy atom. The molecule has 1 aromatic carbocycles. The Kier molecular flexibility index (Phi) is 7.31. The number of aromatic nitrogens is 1. The highest BCUT2D eigenvalue weighted by molar-refractivity contribution is 8.05. The van der Waals surface area contributed by atoms with Crippen molar-refractivity contribution >= 4 is 47.1 Å². The van der Waals surface area contributed by atoms with Crippen molar-refractivity contribution in [2.45, 2.75) is 19.3 Å². The molecule has 0 bridgehead atoms. The lowest BCUT2D eigenvalue weighted by molar-refractivity contribution is -0.145. The summed E-state index contributed by atoms with van der Waals surface area (Å²) in [5.74, 6) is -1.19. The summed E-state index contributed by atoms with van der Waals surface area (Å²) in [6.45, 7) is 3.30. The number of carbonyl (C=O) groups is 3. The largest absolute Gasteiger partial charge is 0.481 e. The molecular formula is C25H23N3O6S. The molecular weight excluding hydrogens is 470 g/mol. The number of nitrogens with zero attached hydrogens (tertiary/aromatic N) is 3. The van der Waals surface area contributed by atoms with Gasteiger partial charge in [0.2, 0.25) is 0 Å². The Morgan fingerprint density at radius 3 is 2.66 bits per heavy atom. The summed E-state index contributed by atoms with van der Waals surface area (Å²) in [4.78, 5) is 49.1. The molecule has 35 heavy (non-hydrogen) atoms. The van der Waals surface area contributed by atoms with Crippen LogP contribution in [0.15, 0.2) is 64.1 Å². The van der Waals surface area contributed by atoms with E-state index in [2.05, 4.69) is 9.98 Å². The highest BCUT2D eigenvalue weighted by atomic mass is 32.2. The van der Waals surface area contributed by atoms with Gasteiger partial charge in [0.15, 0.2) is 12.1 Å². The Bertz CT molecular complexity index is 1250. The summed E-state index contributed by atoms with van der Waals surface area (Å²) in [5, 5.41) is 0. The van der Waals surface area contributed by atoms with Crippen LogP contribution in [0.3, 0.4) is 0 Å². The first-order chi connectivity index (χ1) is 16.9. The molecule has 0 saturated carbocycles. The lowest BCUT2D eigenvalue weighted by Gasteiger charge is -2.31. The molecule has 0 N–H and O–H groups in total. The second-order valence-electron chi connectivity index (χ2n) is 7.40. The number of carbonyl (C=O) groups excluding carboxylic acids is 3. The summed E-state index contributed by atoms with van der Waals surface area (Å²) < 4.78 is 15.7. The third-order valence-corrected chi connectivity index (χ3v) is 6.25. The van der Waals surface area contributed by atoms with Gasteiger partial charge in [0.25, 0.3) is 5.91 Å². The fourth-order valence-corrected chi connectivity index (χ4v) is 4.82. The minimum Gasteiger partial charge on any atom is -0.481 e. The van der Waals surface area contributed by atoms with Gasteiger partial charge in [-0.1, -0.05) is 30.0 Å². The number of thioether (sulfide) groups is 1. The Labute approximate surface area is 206 Å². The molecule has 4 rings (SSSR count). The average molecular weight is 494 g/mol. The van der Waals surface area contributed by atoms with E-state index in [0.29, 0.717) is 33.3 Å². The molecule has 180 valence electrons. The Balaban J connectivity index is 1.81. The zero-order valence-corrected chi connectivity index (χ0v) is 20.2. The molecule has 0 aliphatic carbocycles. The van der Waals surface area contributed by atoms with E-state index >= 15 is 0 Å². The van der Waals surface area contributed by atoms with Crippen LogP contribution in [0.25, 0.3) is 11.8 Å². The third-order valence-electron chi connectivity index (χ3n) is 5.18. The monoisotopic (exact) mass is 493 g/mol. The topological polar surface area (TPSA) is 107 Å². The number of pyridine rings is 1. The normalized spacial score (nSPS) is 18.3. The van der Waals surface area contributed by atoms with Crippen LogP contribution in [0.2, 0.25) is 0 Å². The maximum atomic E-state index is 13.6. The lowest BCUT2D eigenvalue weighted by Crippen LogP contribution is -2.37. The van der Waals surface area contributed by atoms with Crippen molar-refractivity contribution in [2.24, 2.45) is 4.99 Å². The van der Waals surface area contributed by atoms with E-state index in [1.165, 1.54) is 23.8 Å². The first-order valence-electron chi connectivity index (χ1n) is 10.8. The van der Waals surface area contributed by atoms with Gasteiger partial charge in [0.05, 0.1) is 35.7 Å². The van der Waals surface area contributed by atoms with E-state index in [1.807, 2.05) is 6.07 Å². The van der Waals surface area contributed by atoms with Crippen LogP contribution in [0.5, 0.6) is 5.75 Å². The number of fused-ring (bicyclic) bond motifs is 1. The molecule has 3 heterocycles. The van der Waals surface area contributed by atoms with E-state index in [4.69, 9.17) is 14.2 Å². The molecule has 1 aromatic heterocycles. The summed E-state index contributed by atoms with van der Waals surface area (Å²) in [5.41, 5.74) is 1.32. The Hall–Kier alpha value is -3.92. The summed E-state index contributed by atoms with van der Waals surface area (Å²) >= 11 is 1.26. The molecule has 2 aliphatic heterocycles. The van der Waals surface area contributed by atoms with Crippen molar-refractivity contribution in [1.29, 1.82) is 0 Å². The SMILES string of the molecule is CCOC(=O)COc1ccccc1C1=C(C(=O)OC)C(C)=N[C@@H]2S/C(=C\c3ccccn3)C(=O)N12. The number of rotatable bonds is 7. The molecule has 10 heteroatoms. The van der Waals surface area contributed by atoms with Crippen molar-refractivity contribution in [2.75, 3.05) is 20.3 Å². The highest BCUT2D eigenvalue weighted by Gasteiger charge is 2.45. The van der Waals surface area contributed by atoms with Crippen LogP contribution in [0.1, 0.15) is 25.1 Å². The maximum absolute atomic E-state index is 13.6. The van der Waals surface area contributed by atoms with Gasteiger partial charge in [-0.05, 0) is 44.2 Å². The quantitative estimate of drug-likeness (QED) is 0.427. The molecule has 1 amide bonds. The molecule has 1 atom stereocenters. The number of benzene rings is 1. The second kappa shape index (κ2) is 10.6. The Morgan fingerprint density at radius 2 is 1.94 bits per heavy atom. The summed E-state index contributed by atoms with van der Waals surface area (Å²) in [6.07, 6.45) is 3.33. The number of ether oxygens (including phenoxy) is 3. The van der Waals surface area contributed by atoms with Crippen LogP contribution in [-0.2, 0) is 23.9 Å². The van der Waals surface area contributed by atoms with Crippen molar-refractivity contribution in [3.8, 4) is 5.75 Å². The minimum absolute atomic E-state index is 0.143. The molecule has 0 unspecified atom stereocenters. The van der Waals surface area contributed by atoms with E-state index in [0.717, 1.165) is 0 Å². The molecule has 0 radical (unpaired) electrons. The standard InChI is InChI=1S/C25H23N3O6S/c1-4-33-20(29)14-34-18-11-6-5-10-17(18)22-21(24(31)32-3)15(2)27-25-28(22)23(30)19(35-25)13-16-9-7-8-12-26-16/h5-13,25H,4,14H2,1-3H3/b19-13-/t25-/m0/s1. The molecule has 2 aromatic rings. The minimum atomic E-state index is -0.639. The fourth-order valence-electron chi connectivity index (χ4n) is 3.68. The van der Waals surface area contributed by atoms with Gasteiger partial charge in [-0.3, -0.25) is 19.7 Å². The van der Waals surface area contributed by atoms with Crippen LogP contribution in [-0.4, -0.2) is 59.3 Å². The lowest BCUT2D eigenvalue weighted by atomic mass is 9.99. The van der Waals surface area contributed by atoms with Crippen molar-refractivity contribution in [3.05, 3.63) is 70.4 Å². The van der Waals surface area contributed by atoms with E-state index in [9.17, 15) is 14.4 Å². The smallest absolute Gasteiger partial charge is 0.344 e. The van der Waals surface area contributed by atoms with Gasteiger partial charge in [-0.2, -0.15) is 0 Å². The molecule has 1 saturated heterocycles. The fraction of sp³-hybridized carbons (Fsp3) is 0.240. The zero-order chi connectivity index (χ0) is 24.9. The van der Waals surface area contributed by atoms with Crippen molar-refractivity contribution in [1.82, 2.24) is 9.88 Å². The molecule has 2 aliphatic rings. The van der Waals surface area contributed by atoms with E-state index in [-0.39, 0.29) is 24.7 Å². The number of hydrogen-bond donors (Lipinski definition) is 0. The van der Waals surface area contributed by atoms with Gasteiger partial charge < -0.3 is 14.2 Å². The second-order valence-corrected chi connectivity index (χ2v) is 8.50. The predicted molar refractivity (Wildman–Crippen MR) is 131 cm³/mol. The number of hydrogen-bond acceptors (Lipinski definition) is 9. The van der Waals surface area contributed by atoms with Gasteiger partial charge in [-0.15, -0.1) is 0 Å². The molecule has 0 spiro atoms. The van der Waals surface area contributed by atoms with E-state index in [1.54, 1.807) is 62.5 Å². The number of amides is 1. The van der Waals surface area contributed by atoms with Gasteiger partial charge in [-0.25, -0.2) is 9.59 Å². The van der Waals surface area contributed by atoms with Gasteiger partial charge in [0, 0.05) is 11.8 Å². The van der Waals surface area contributed by atoms with Gasteiger partial charge >= 0.3 is 11.9 Å². The van der Waals surface area contributed by atoms with Crippen LogP contribution in [0, 0.1) is 0 Å². The van der Waals surface area contributed by atoms with E-state index < -0.39 is 17.4 Å². The van der Waals surface area contributed by atoms with Crippen molar-refractivity contribution in [3.63, 3.8) is 0 Å². The predicted octanol–water partition coefficient (Wildman–Crippen LogP) is 3.28. The van der Waals surface area contributed by atoms with Crippen LogP contribution in [0.4, 0.5) is 0 Å². The first kappa shape index (κ1) is 24.2.